The summed E-state index contributed by atoms with van der Waals surface area (Å²) in [5, 5.41) is 7.56. The maximum Gasteiger partial charge on any atom is 0.123 e. The lowest BCUT2D eigenvalue weighted by Gasteiger charge is -1.99. The van der Waals surface area contributed by atoms with Gasteiger partial charge in [0.2, 0.25) is 0 Å². The average molecular weight is 335 g/mol. The van der Waals surface area contributed by atoms with Crippen molar-refractivity contribution in [2.24, 2.45) is 0 Å². The van der Waals surface area contributed by atoms with E-state index in [9.17, 15) is 4.39 Å². The zero-order chi connectivity index (χ0) is 16.4. The molecule has 2 aromatic heterocycles. The van der Waals surface area contributed by atoms with Crippen molar-refractivity contribution in [1.29, 1.82) is 0 Å². The number of hydrogen-bond acceptors (Lipinski definition) is 3. The van der Waals surface area contributed by atoms with Crippen molar-refractivity contribution in [2.45, 2.75) is 6.54 Å². The van der Waals surface area contributed by atoms with Crippen molar-refractivity contribution >= 4 is 11.3 Å². The van der Waals surface area contributed by atoms with Crippen molar-refractivity contribution in [3.63, 3.8) is 0 Å². The molecule has 0 fully saturated rings. The molecule has 0 aliphatic heterocycles. The Morgan fingerprint density at radius 3 is 2.58 bits per heavy atom. The van der Waals surface area contributed by atoms with Crippen LogP contribution in [0.2, 0.25) is 0 Å². The summed E-state index contributed by atoms with van der Waals surface area (Å²) in [5.74, 6) is -0.255. The van der Waals surface area contributed by atoms with E-state index in [1.54, 1.807) is 17.4 Å². The Labute approximate surface area is 143 Å². The van der Waals surface area contributed by atoms with E-state index in [1.807, 2.05) is 41.2 Å². The summed E-state index contributed by atoms with van der Waals surface area (Å²) in [6, 6.07) is 18.5. The van der Waals surface area contributed by atoms with Crippen LogP contribution in [0, 0.1) is 5.82 Å². The molecule has 24 heavy (non-hydrogen) atoms. The van der Waals surface area contributed by atoms with E-state index in [0.29, 0.717) is 6.54 Å². The summed E-state index contributed by atoms with van der Waals surface area (Å²) in [4.78, 5) is 4.67. The molecule has 4 aromatic rings. The first-order valence-corrected chi connectivity index (χ1v) is 8.45. The molecular formula is C19H14FN3S. The molecule has 5 heteroatoms. The van der Waals surface area contributed by atoms with Gasteiger partial charge in [0, 0.05) is 22.7 Å². The first kappa shape index (κ1) is 14.8. The van der Waals surface area contributed by atoms with E-state index in [1.165, 1.54) is 12.1 Å². The van der Waals surface area contributed by atoms with Crippen molar-refractivity contribution in [1.82, 2.24) is 14.8 Å². The van der Waals surface area contributed by atoms with E-state index in [-0.39, 0.29) is 5.82 Å². The highest BCUT2D eigenvalue weighted by atomic mass is 32.1. The van der Waals surface area contributed by atoms with Gasteiger partial charge in [0.25, 0.3) is 0 Å². The highest BCUT2D eigenvalue weighted by molar-refractivity contribution is 7.09. The molecule has 0 aliphatic carbocycles. The minimum atomic E-state index is -0.255. The monoisotopic (exact) mass is 335 g/mol. The third kappa shape index (κ3) is 3.12. The Hall–Kier alpha value is -2.79. The van der Waals surface area contributed by atoms with Crippen molar-refractivity contribution in [3.05, 3.63) is 83.1 Å². The van der Waals surface area contributed by atoms with Crippen molar-refractivity contribution in [3.8, 4) is 22.5 Å². The number of aromatic nitrogens is 3. The molecule has 0 spiro atoms. The second-order valence-electron chi connectivity index (χ2n) is 5.40. The van der Waals surface area contributed by atoms with E-state index >= 15 is 0 Å². The summed E-state index contributed by atoms with van der Waals surface area (Å²) in [5.41, 5.74) is 3.63. The maximum absolute atomic E-state index is 13.3. The van der Waals surface area contributed by atoms with Gasteiger partial charge in [-0.15, -0.1) is 11.3 Å². The number of rotatable bonds is 4. The maximum atomic E-state index is 13.3. The first-order chi connectivity index (χ1) is 11.8. The van der Waals surface area contributed by atoms with Crippen LogP contribution in [0.4, 0.5) is 4.39 Å². The van der Waals surface area contributed by atoms with Crippen LogP contribution in [0.1, 0.15) is 5.01 Å². The SMILES string of the molecule is Fc1cccc(-c2ccn(Cc3nc(-c4ccccc4)cs3)n2)c1. The molecule has 0 unspecified atom stereocenters. The Bertz CT molecular complexity index is 959. The third-order valence-electron chi connectivity index (χ3n) is 3.68. The third-order valence-corrected chi connectivity index (χ3v) is 4.51. The Kier molecular flexibility index (Phi) is 3.92. The fraction of sp³-hybridized carbons (Fsp3) is 0.0526. The lowest BCUT2D eigenvalue weighted by Crippen LogP contribution is -2.00. The second-order valence-corrected chi connectivity index (χ2v) is 6.34. The van der Waals surface area contributed by atoms with Gasteiger partial charge in [-0.25, -0.2) is 9.37 Å². The molecule has 0 saturated heterocycles. The number of thiazole rings is 1. The van der Waals surface area contributed by atoms with Gasteiger partial charge in [-0.2, -0.15) is 5.10 Å². The molecule has 0 radical (unpaired) electrons. The molecule has 2 heterocycles. The van der Waals surface area contributed by atoms with E-state index in [4.69, 9.17) is 0 Å². The fourth-order valence-electron chi connectivity index (χ4n) is 2.52. The van der Waals surface area contributed by atoms with Gasteiger partial charge in [-0.05, 0) is 18.2 Å². The Morgan fingerprint density at radius 2 is 1.75 bits per heavy atom. The molecule has 2 aromatic carbocycles. The molecular weight excluding hydrogens is 321 g/mol. The smallest absolute Gasteiger partial charge is 0.123 e. The largest absolute Gasteiger partial charge is 0.265 e. The molecule has 0 N–H and O–H groups in total. The van der Waals surface area contributed by atoms with E-state index in [0.717, 1.165) is 27.5 Å². The fourth-order valence-corrected chi connectivity index (χ4v) is 3.31. The van der Waals surface area contributed by atoms with Gasteiger partial charge in [0.1, 0.15) is 10.8 Å². The molecule has 0 aliphatic rings. The van der Waals surface area contributed by atoms with Gasteiger partial charge in [-0.1, -0.05) is 42.5 Å². The topological polar surface area (TPSA) is 30.7 Å². The molecule has 0 saturated carbocycles. The summed E-state index contributed by atoms with van der Waals surface area (Å²) in [7, 11) is 0. The highest BCUT2D eigenvalue weighted by Crippen LogP contribution is 2.23. The Balaban J connectivity index is 1.54. The summed E-state index contributed by atoms with van der Waals surface area (Å²) < 4.78 is 15.2. The number of benzene rings is 2. The minimum Gasteiger partial charge on any atom is -0.265 e. The van der Waals surface area contributed by atoms with Crippen molar-refractivity contribution < 1.29 is 4.39 Å². The minimum absolute atomic E-state index is 0.255. The average Bonchev–Trinajstić information content (AvgIpc) is 3.26. The predicted molar refractivity (Wildman–Crippen MR) is 94.3 cm³/mol. The lowest BCUT2D eigenvalue weighted by molar-refractivity contribution is 0.628. The Morgan fingerprint density at radius 1 is 0.917 bits per heavy atom. The van der Waals surface area contributed by atoms with E-state index in [2.05, 4.69) is 27.6 Å². The normalized spacial score (nSPS) is 10.9. The van der Waals surface area contributed by atoms with Gasteiger partial charge < -0.3 is 0 Å². The van der Waals surface area contributed by atoms with Crippen LogP contribution in [0.15, 0.2) is 72.2 Å². The molecule has 0 atom stereocenters. The van der Waals surface area contributed by atoms with Gasteiger partial charge in [0.15, 0.2) is 0 Å². The lowest BCUT2D eigenvalue weighted by atomic mass is 10.1. The zero-order valence-electron chi connectivity index (χ0n) is 12.8. The van der Waals surface area contributed by atoms with Gasteiger partial charge in [0.05, 0.1) is 17.9 Å². The first-order valence-electron chi connectivity index (χ1n) is 7.57. The van der Waals surface area contributed by atoms with Crippen LogP contribution in [-0.4, -0.2) is 14.8 Å². The van der Waals surface area contributed by atoms with Crippen LogP contribution in [0.25, 0.3) is 22.5 Å². The van der Waals surface area contributed by atoms with Gasteiger partial charge >= 0.3 is 0 Å². The van der Waals surface area contributed by atoms with Crippen molar-refractivity contribution in [2.75, 3.05) is 0 Å². The zero-order valence-corrected chi connectivity index (χ0v) is 13.6. The van der Waals surface area contributed by atoms with Crippen LogP contribution < -0.4 is 0 Å². The molecule has 4 rings (SSSR count). The molecule has 3 nitrogen and oxygen atoms in total. The quantitative estimate of drug-likeness (QED) is 0.533. The predicted octanol–water partition coefficient (Wildman–Crippen LogP) is 4.86. The molecule has 118 valence electrons. The van der Waals surface area contributed by atoms with Crippen LogP contribution >= 0.6 is 11.3 Å². The second kappa shape index (κ2) is 6.37. The number of hydrogen-bond donors (Lipinski definition) is 0. The number of nitrogens with zero attached hydrogens (tertiary/aromatic N) is 3. The van der Waals surface area contributed by atoms with Crippen LogP contribution in [0.5, 0.6) is 0 Å². The molecule has 0 bridgehead atoms. The standard InChI is InChI=1S/C19H14FN3S/c20-16-8-4-7-15(11-16)17-9-10-23(22-17)12-19-21-18(13-24-19)14-5-2-1-3-6-14/h1-11,13H,12H2. The highest BCUT2D eigenvalue weighted by Gasteiger charge is 2.07. The summed E-state index contributed by atoms with van der Waals surface area (Å²) >= 11 is 1.61. The van der Waals surface area contributed by atoms with Crippen LogP contribution in [0.3, 0.4) is 0 Å². The van der Waals surface area contributed by atoms with E-state index < -0.39 is 0 Å². The summed E-state index contributed by atoms with van der Waals surface area (Å²) in [6.07, 6.45) is 1.89. The van der Waals surface area contributed by atoms with Gasteiger partial charge in [-0.3, -0.25) is 4.68 Å². The number of halogens is 1. The van der Waals surface area contributed by atoms with Crippen LogP contribution in [-0.2, 0) is 6.54 Å². The summed E-state index contributed by atoms with van der Waals surface area (Å²) in [6.45, 7) is 0.604. The molecule has 0 amide bonds.